The summed E-state index contributed by atoms with van der Waals surface area (Å²) >= 11 is 5.59. The number of hydrogen-bond donors (Lipinski definition) is 2. The molecule has 0 fully saturated rings. The number of hydrogen-bond acceptors (Lipinski definition) is 3. The predicted molar refractivity (Wildman–Crippen MR) is 76.4 cm³/mol. The van der Waals surface area contributed by atoms with Gasteiger partial charge in [-0.2, -0.15) is 0 Å². The molecule has 1 atom stereocenters. The van der Waals surface area contributed by atoms with Crippen LogP contribution in [0.5, 0.6) is 0 Å². The summed E-state index contributed by atoms with van der Waals surface area (Å²) in [4.78, 5) is 4.50. The average molecular weight is 265 g/mol. The molecule has 0 aliphatic rings. The Kier molecular flexibility index (Phi) is 4.04. The number of fused-ring (bicyclic) bond motifs is 1. The molecule has 1 heterocycles. The number of aromatic nitrogens is 1. The number of aryl methyl sites for hydroxylation is 2. The van der Waals surface area contributed by atoms with Gasteiger partial charge in [-0.3, -0.25) is 4.98 Å². The van der Waals surface area contributed by atoms with Gasteiger partial charge in [0.2, 0.25) is 0 Å². The monoisotopic (exact) mass is 264 g/mol. The van der Waals surface area contributed by atoms with Crippen molar-refractivity contribution in [3.05, 3.63) is 35.5 Å². The molecule has 0 bridgehead atoms. The number of alkyl halides is 1. The SMILES string of the molecule is Cc1ccc2c(NCC(O)CCl)c(C)ccc2n1. The molecule has 2 rings (SSSR count). The van der Waals surface area contributed by atoms with Crippen LogP contribution in [0.15, 0.2) is 24.3 Å². The van der Waals surface area contributed by atoms with E-state index in [2.05, 4.69) is 16.4 Å². The summed E-state index contributed by atoms with van der Waals surface area (Å²) in [6.07, 6.45) is -0.542. The fourth-order valence-electron chi connectivity index (χ4n) is 1.92. The number of nitrogens with one attached hydrogen (secondary N) is 1. The Morgan fingerprint density at radius 3 is 2.78 bits per heavy atom. The molecule has 96 valence electrons. The highest BCUT2D eigenvalue weighted by Gasteiger charge is 2.08. The van der Waals surface area contributed by atoms with Crippen LogP contribution in [-0.2, 0) is 0 Å². The van der Waals surface area contributed by atoms with Crippen molar-refractivity contribution in [1.82, 2.24) is 4.98 Å². The molecule has 0 saturated carbocycles. The number of aliphatic hydroxyl groups excluding tert-OH is 1. The van der Waals surface area contributed by atoms with Gasteiger partial charge in [0, 0.05) is 23.3 Å². The summed E-state index contributed by atoms with van der Waals surface area (Å²) in [6, 6.07) is 8.09. The fraction of sp³-hybridized carbons (Fsp3) is 0.357. The van der Waals surface area contributed by atoms with Crippen LogP contribution in [0.25, 0.3) is 10.9 Å². The van der Waals surface area contributed by atoms with E-state index in [1.807, 2.05) is 32.0 Å². The summed E-state index contributed by atoms with van der Waals surface area (Å²) in [5.74, 6) is 0.230. The number of halogens is 1. The molecule has 2 aromatic rings. The lowest BCUT2D eigenvalue weighted by atomic mass is 10.1. The van der Waals surface area contributed by atoms with E-state index in [1.54, 1.807) is 0 Å². The molecule has 0 aliphatic carbocycles. The molecule has 0 spiro atoms. The maximum absolute atomic E-state index is 9.52. The Hall–Kier alpha value is -1.32. The quantitative estimate of drug-likeness (QED) is 0.835. The first-order chi connectivity index (χ1) is 8.61. The zero-order chi connectivity index (χ0) is 13.1. The molecular weight excluding hydrogens is 248 g/mol. The van der Waals surface area contributed by atoms with E-state index in [9.17, 15) is 5.11 Å². The van der Waals surface area contributed by atoms with Crippen LogP contribution >= 0.6 is 11.6 Å². The molecule has 1 unspecified atom stereocenters. The van der Waals surface area contributed by atoms with Crippen molar-refractivity contribution in [3.8, 4) is 0 Å². The van der Waals surface area contributed by atoms with E-state index in [4.69, 9.17) is 11.6 Å². The van der Waals surface area contributed by atoms with Gasteiger partial charge in [-0.15, -0.1) is 11.6 Å². The highest BCUT2D eigenvalue weighted by Crippen LogP contribution is 2.26. The maximum Gasteiger partial charge on any atom is 0.0847 e. The van der Waals surface area contributed by atoms with Crippen LogP contribution in [-0.4, -0.2) is 28.6 Å². The van der Waals surface area contributed by atoms with E-state index in [1.165, 1.54) is 0 Å². The fourth-order valence-corrected chi connectivity index (χ4v) is 2.03. The van der Waals surface area contributed by atoms with Gasteiger partial charge < -0.3 is 10.4 Å². The van der Waals surface area contributed by atoms with Crippen molar-refractivity contribution < 1.29 is 5.11 Å². The predicted octanol–water partition coefficient (Wildman–Crippen LogP) is 2.86. The Morgan fingerprint density at radius 1 is 1.28 bits per heavy atom. The van der Waals surface area contributed by atoms with Crippen LogP contribution in [0.2, 0.25) is 0 Å². The summed E-state index contributed by atoms with van der Waals surface area (Å²) in [5, 5.41) is 13.8. The van der Waals surface area contributed by atoms with E-state index in [0.717, 1.165) is 27.8 Å². The Morgan fingerprint density at radius 2 is 2.06 bits per heavy atom. The third-order valence-electron chi connectivity index (χ3n) is 2.91. The summed E-state index contributed by atoms with van der Waals surface area (Å²) in [6.45, 7) is 4.45. The standard InChI is InChI=1S/C14H17ClN2O/c1-9-3-6-13-12(5-4-10(2)17-13)14(9)16-8-11(18)7-15/h3-6,11,16,18H,7-8H2,1-2H3. The first-order valence-electron chi connectivity index (χ1n) is 5.96. The van der Waals surface area contributed by atoms with Crippen molar-refractivity contribution in [2.24, 2.45) is 0 Å². The highest BCUT2D eigenvalue weighted by molar-refractivity contribution is 6.18. The van der Waals surface area contributed by atoms with Crippen LogP contribution in [0.1, 0.15) is 11.3 Å². The van der Waals surface area contributed by atoms with E-state index >= 15 is 0 Å². The van der Waals surface area contributed by atoms with E-state index in [-0.39, 0.29) is 5.88 Å². The van der Waals surface area contributed by atoms with E-state index in [0.29, 0.717) is 6.54 Å². The van der Waals surface area contributed by atoms with Crippen LogP contribution in [0, 0.1) is 13.8 Å². The molecule has 4 heteroatoms. The maximum atomic E-state index is 9.52. The third kappa shape index (κ3) is 2.74. The zero-order valence-electron chi connectivity index (χ0n) is 10.6. The van der Waals surface area contributed by atoms with Crippen molar-refractivity contribution >= 4 is 28.2 Å². The number of nitrogens with zero attached hydrogens (tertiary/aromatic N) is 1. The first-order valence-corrected chi connectivity index (χ1v) is 6.50. The molecular formula is C14H17ClN2O. The molecule has 3 nitrogen and oxygen atoms in total. The van der Waals surface area contributed by atoms with Crippen LogP contribution < -0.4 is 5.32 Å². The van der Waals surface area contributed by atoms with Gasteiger partial charge in [0.05, 0.1) is 17.5 Å². The second-order valence-corrected chi connectivity index (χ2v) is 4.77. The number of rotatable bonds is 4. The molecule has 0 aliphatic heterocycles. The Balaban J connectivity index is 2.38. The molecule has 2 N–H and O–H groups in total. The second kappa shape index (κ2) is 5.55. The second-order valence-electron chi connectivity index (χ2n) is 4.47. The number of benzene rings is 1. The van der Waals surface area contributed by atoms with Gasteiger partial charge in [-0.25, -0.2) is 0 Å². The minimum Gasteiger partial charge on any atom is -0.390 e. The molecule has 0 radical (unpaired) electrons. The van der Waals surface area contributed by atoms with Crippen molar-refractivity contribution in [3.63, 3.8) is 0 Å². The van der Waals surface area contributed by atoms with Gasteiger partial charge in [0.15, 0.2) is 0 Å². The van der Waals surface area contributed by atoms with Gasteiger partial charge in [-0.1, -0.05) is 6.07 Å². The molecule has 1 aromatic carbocycles. The lowest BCUT2D eigenvalue weighted by Gasteiger charge is -2.15. The van der Waals surface area contributed by atoms with Crippen molar-refractivity contribution in [2.75, 3.05) is 17.7 Å². The minimum absolute atomic E-state index is 0.230. The van der Waals surface area contributed by atoms with E-state index < -0.39 is 6.10 Å². The largest absolute Gasteiger partial charge is 0.390 e. The van der Waals surface area contributed by atoms with Crippen molar-refractivity contribution in [2.45, 2.75) is 20.0 Å². The topological polar surface area (TPSA) is 45.1 Å². The summed E-state index contributed by atoms with van der Waals surface area (Å²) in [5.41, 5.74) is 4.11. The smallest absolute Gasteiger partial charge is 0.0847 e. The van der Waals surface area contributed by atoms with Gasteiger partial charge >= 0.3 is 0 Å². The molecule has 18 heavy (non-hydrogen) atoms. The first kappa shape index (κ1) is 13.1. The molecule has 0 amide bonds. The van der Waals surface area contributed by atoms with Gasteiger partial charge in [-0.05, 0) is 37.6 Å². The lowest BCUT2D eigenvalue weighted by molar-refractivity contribution is 0.211. The lowest BCUT2D eigenvalue weighted by Crippen LogP contribution is -2.21. The Bertz CT molecular complexity index is 557. The number of anilines is 1. The highest BCUT2D eigenvalue weighted by atomic mass is 35.5. The number of aliphatic hydroxyl groups is 1. The van der Waals surface area contributed by atoms with Crippen LogP contribution in [0.4, 0.5) is 5.69 Å². The normalized spacial score (nSPS) is 12.7. The van der Waals surface area contributed by atoms with Gasteiger partial charge in [0.1, 0.15) is 0 Å². The van der Waals surface area contributed by atoms with Gasteiger partial charge in [0.25, 0.3) is 0 Å². The third-order valence-corrected chi connectivity index (χ3v) is 3.27. The zero-order valence-corrected chi connectivity index (χ0v) is 11.3. The number of pyridine rings is 1. The minimum atomic E-state index is -0.542. The average Bonchev–Trinajstić information content (AvgIpc) is 2.37. The summed E-state index contributed by atoms with van der Waals surface area (Å²) in [7, 11) is 0. The van der Waals surface area contributed by atoms with Crippen molar-refractivity contribution in [1.29, 1.82) is 0 Å². The molecule has 0 saturated heterocycles. The van der Waals surface area contributed by atoms with Crippen LogP contribution in [0.3, 0.4) is 0 Å². The summed E-state index contributed by atoms with van der Waals surface area (Å²) < 4.78 is 0. The molecule has 1 aromatic heterocycles. The Labute approximate surface area is 112 Å².